The minimum absolute atomic E-state index is 0.122. The van der Waals surface area contributed by atoms with Crippen molar-refractivity contribution >= 4 is 21.8 Å². The van der Waals surface area contributed by atoms with Crippen molar-refractivity contribution in [1.82, 2.24) is 5.43 Å². The van der Waals surface area contributed by atoms with Crippen molar-refractivity contribution in [3.63, 3.8) is 0 Å². The van der Waals surface area contributed by atoms with Gasteiger partial charge < -0.3 is 9.15 Å². The lowest BCUT2D eigenvalue weighted by Gasteiger charge is -2.04. The third kappa shape index (κ3) is 3.17. The molecule has 3 N–H and O–H groups in total. The van der Waals surface area contributed by atoms with Crippen LogP contribution >= 0.6 is 15.9 Å². The van der Waals surface area contributed by atoms with Crippen LogP contribution in [0.1, 0.15) is 21.9 Å². The Labute approximate surface area is 123 Å². The molecule has 20 heavy (non-hydrogen) atoms. The standard InChI is InChI=1S/C13H12BrFN2O3/c1-7-4-9(20-12(7)13(18)17-16)6-19-8-2-3-11(15)10(14)5-8/h2-5H,6,16H2,1H3,(H,17,18). The van der Waals surface area contributed by atoms with Crippen molar-refractivity contribution in [2.75, 3.05) is 0 Å². The summed E-state index contributed by atoms with van der Waals surface area (Å²) < 4.78 is 24.2. The normalized spacial score (nSPS) is 10.4. The van der Waals surface area contributed by atoms with Gasteiger partial charge >= 0.3 is 5.91 Å². The maximum Gasteiger partial charge on any atom is 0.301 e. The largest absolute Gasteiger partial charge is 0.486 e. The van der Waals surface area contributed by atoms with E-state index in [1.54, 1.807) is 13.0 Å². The summed E-state index contributed by atoms with van der Waals surface area (Å²) in [7, 11) is 0. The van der Waals surface area contributed by atoms with E-state index in [9.17, 15) is 9.18 Å². The van der Waals surface area contributed by atoms with Gasteiger partial charge in [-0.1, -0.05) is 0 Å². The highest BCUT2D eigenvalue weighted by Crippen LogP contribution is 2.23. The molecule has 1 aromatic heterocycles. The van der Waals surface area contributed by atoms with Crippen molar-refractivity contribution in [3.8, 4) is 5.75 Å². The number of nitrogens with one attached hydrogen (secondary N) is 1. The first-order chi connectivity index (χ1) is 9.51. The molecule has 0 atom stereocenters. The van der Waals surface area contributed by atoms with Crippen LogP contribution < -0.4 is 16.0 Å². The van der Waals surface area contributed by atoms with Crippen LogP contribution in [0.15, 0.2) is 33.2 Å². The minimum atomic E-state index is -0.502. The fourth-order valence-corrected chi connectivity index (χ4v) is 1.99. The summed E-state index contributed by atoms with van der Waals surface area (Å²) >= 11 is 3.07. The van der Waals surface area contributed by atoms with Crippen molar-refractivity contribution < 1.29 is 18.3 Å². The predicted octanol–water partition coefficient (Wildman–Crippen LogP) is 2.67. The number of nitrogens with two attached hydrogens (primary N) is 1. The SMILES string of the molecule is Cc1cc(COc2ccc(F)c(Br)c2)oc1C(=O)NN. The van der Waals surface area contributed by atoms with Gasteiger partial charge in [0.1, 0.15) is 23.9 Å². The average Bonchev–Trinajstić information content (AvgIpc) is 2.80. The van der Waals surface area contributed by atoms with Gasteiger partial charge in [-0.25, -0.2) is 10.2 Å². The fourth-order valence-electron chi connectivity index (χ4n) is 1.63. The second-order valence-corrected chi connectivity index (χ2v) is 4.92. The number of nitrogen functional groups attached to an aromatic ring is 1. The number of halogens is 2. The Kier molecular flexibility index (Phi) is 4.41. The Morgan fingerprint density at radius 2 is 2.25 bits per heavy atom. The zero-order valence-electron chi connectivity index (χ0n) is 10.6. The summed E-state index contributed by atoms with van der Waals surface area (Å²) in [6.07, 6.45) is 0. The summed E-state index contributed by atoms with van der Waals surface area (Å²) in [5, 5.41) is 0. The summed E-state index contributed by atoms with van der Waals surface area (Å²) in [6, 6.07) is 5.99. The second kappa shape index (κ2) is 6.06. The number of hydrogen-bond acceptors (Lipinski definition) is 4. The van der Waals surface area contributed by atoms with Crippen LogP contribution in [0.2, 0.25) is 0 Å². The number of rotatable bonds is 4. The Balaban J connectivity index is 2.07. The Bertz CT molecular complexity index is 643. The van der Waals surface area contributed by atoms with Gasteiger partial charge in [0.25, 0.3) is 0 Å². The molecule has 0 bridgehead atoms. The van der Waals surface area contributed by atoms with Crippen molar-refractivity contribution in [2.45, 2.75) is 13.5 Å². The van der Waals surface area contributed by atoms with Gasteiger partial charge in [-0.05, 0) is 47.1 Å². The molecule has 0 spiro atoms. The van der Waals surface area contributed by atoms with Crippen LogP contribution in [-0.4, -0.2) is 5.91 Å². The van der Waals surface area contributed by atoms with E-state index in [-0.39, 0.29) is 18.2 Å². The predicted molar refractivity (Wildman–Crippen MR) is 73.5 cm³/mol. The average molecular weight is 343 g/mol. The van der Waals surface area contributed by atoms with Gasteiger partial charge in [0.2, 0.25) is 0 Å². The number of amides is 1. The summed E-state index contributed by atoms with van der Waals surface area (Å²) in [5.74, 6) is 5.28. The molecule has 1 heterocycles. The Hall–Kier alpha value is -1.86. The summed E-state index contributed by atoms with van der Waals surface area (Å²) in [6.45, 7) is 1.85. The monoisotopic (exact) mass is 342 g/mol. The van der Waals surface area contributed by atoms with Gasteiger partial charge in [0.15, 0.2) is 5.76 Å². The molecule has 0 aliphatic rings. The molecule has 0 unspecified atom stereocenters. The first kappa shape index (κ1) is 14.5. The van der Waals surface area contributed by atoms with E-state index in [0.717, 1.165) is 0 Å². The quantitative estimate of drug-likeness (QED) is 0.508. The third-order valence-electron chi connectivity index (χ3n) is 2.58. The molecular formula is C13H12BrFN2O3. The zero-order valence-corrected chi connectivity index (χ0v) is 12.2. The van der Waals surface area contributed by atoms with E-state index in [1.807, 2.05) is 5.43 Å². The maximum absolute atomic E-state index is 13.1. The summed E-state index contributed by atoms with van der Waals surface area (Å²) in [5.41, 5.74) is 2.66. The van der Waals surface area contributed by atoms with Crippen LogP contribution in [0.3, 0.4) is 0 Å². The van der Waals surface area contributed by atoms with E-state index in [2.05, 4.69) is 15.9 Å². The number of hydrogen-bond donors (Lipinski definition) is 2. The topological polar surface area (TPSA) is 77.5 Å². The van der Waals surface area contributed by atoms with Crippen LogP contribution in [0.4, 0.5) is 4.39 Å². The van der Waals surface area contributed by atoms with E-state index < -0.39 is 5.91 Å². The Morgan fingerprint density at radius 1 is 1.50 bits per heavy atom. The number of furan rings is 1. The molecule has 2 rings (SSSR count). The molecule has 0 fully saturated rings. The third-order valence-corrected chi connectivity index (χ3v) is 3.19. The molecule has 0 saturated heterocycles. The smallest absolute Gasteiger partial charge is 0.301 e. The van der Waals surface area contributed by atoms with E-state index in [1.165, 1.54) is 18.2 Å². The molecule has 1 aromatic carbocycles. The van der Waals surface area contributed by atoms with Crippen molar-refractivity contribution in [1.29, 1.82) is 0 Å². The van der Waals surface area contributed by atoms with Crippen molar-refractivity contribution in [3.05, 3.63) is 51.6 Å². The van der Waals surface area contributed by atoms with Gasteiger partial charge in [-0.15, -0.1) is 0 Å². The summed E-state index contributed by atoms with van der Waals surface area (Å²) in [4.78, 5) is 11.4. The minimum Gasteiger partial charge on any atom is -0.486 e. The van der Waals surface area contributed by atoms with Crippen LogP contribution in [0.25, 0.3) is 0 Å². The second-order valence-electron chi connectivity index (χ2n) is 4.06. The van der Waals surface area contributed by atoms with Crippen LogP contribution in [0.5, 0.6) is 5.75 Å². The maximum atomic E-state index is 13.1. The number of carbonyl (C=O) groups excluding carboxylic acids is 1. The molecule has 0 aliphatic carbocycles. The highest BCUT2D eigenvalue weighted by molar-refractivity contribution is 9.10. The highest BCUT2D eigenvalue weighted by atomic mass is 79.9. The molecule has 1 amide bonds. The van der Waals surface area contributed by atoms with E-state index in [0.29, 0.717) is 21.5 Å². The van der Waals surface area contributed by atoms with Crippen molar-refractivity contribution in [2.24, 2.45) is 5.84 Å². The molecule has 106 valence electrons. The fraction of sp³-hybridized carbons (Fsp3) is 0.154. The van der Waals surface area contributed by atoms with Gasteiger partial charge in [-0.2, -0.15) is 0 Å². The first-order valence-electron chi connectivity index (χ1n) is 5.69. The molecule has 7 heteroatoms. The van der Waals surface area contributed by atoms with Gasteiger partial charge in [0, 0.05) is 5.56 Å². The number of carbonyl (C=O) groups is 1. The number of hydrazine groups is 1. The lowest BCUT2D eigenvalue weighted by atomic mass is 10.2. The van der Waals surface area contributed by atoms with Crippen LogP contribution in [-0.2, 0) is 6.61 Å². The van der Waals surface area contributed by atoms with Crippen LogP contribution in [0, 0.1) is 12.7 Å². The molecule has 2 aromatic rings. The molecule has 0 saturated carbocycles. The van der Waals surface area contributed by atoms with E-state index >= 15 is 0 Å². The molecule has 0 radical (unpaired) electrons. The highest BCUT2D eigenvalue weighted by Gasteiger charge is 2.15. The zero-order chi connectivity index (χ0) is 14.7. The number of aryl methyl sites for hydroxylation is 1. The Morgan fingerprint density at radius 3 is 2.90 bits per heavy atom. The molecule has 5 nitrogen and oxygen atoms in total. The van der Waals surface area contributed by atoms with E-state index in [4.69, 9.17) is 15.0 Å². The lowest BCUT2D eigenvalue weighted by Crippen LogP contribution is -2.30. The number of benzene rings is 1. The molecular weight excluding hydrogens is 331 g/mol. The lowest BCUT2D eigenvalue weighted by molar-refractivity contribution is 0.0921. The molecule has 0 aliphatic heterocycles. The van der Waals surface area contributed by atoms with Gasteiger partial charge in [-0.3, -0.25) is 10.2 Å². The first-order valence-corrected chi connectivity index (χ1v) is 6.48. The van der Waals surface area contributed by atoms with Gasteiger partial charge in [0.05, 0.1) is 4.47 Å². The number of ether oxygens (including phenoxy) is 1.